The van der Waals surface area contributed by atoms with E-state index in [2.05, 4.69) is 15.3 Å². The van der Waals surface area contributed by atoms with Crippen molar-refractivity contribution < 1.29 is 4.79 Å². The number of aromatic nitrogens is 2. The van der Waals surface area contributed by atoms with Crippen molar-refractivity contribution in [2.45, 2.75) is 0 Å². The first-order valence-electron chi connectivity index (χ1n) is 4.17. The van der Waals surface area contributed by atoms with Crippen LogP contribution in [-0.2, 0) is 4.79 Å². The Balaban J connectivity index is 2.71. The van der Waals surface area contributed by atoms with E-state index < -0.39 is 11.1 Å². The predicted molar refractivity (Wildman–Crippen MR) is 54.9 cm³/mol. The zero-order valence-electron chi connectivity index (χ0n) is 7.53. The summed E-state index contributed by atoms with van der Waals surface area (Å²) >= 11 is 0. The Hall–Kier alpha value is -2.37. The number of amides is 1. The molecule has 0 saturated heterocycles. The lowest BCUT2D eigenvalue weighted by molar-refractivity contribution is -0.105. The van der Waals surface area contributed by atoms with Crippen molar-refractivity contribution in [2.24, 2.45) is 0 Å². The van der Waals surface area contributed by atoms with Crippen LogP contribution < -0.4 is 16.4 Å². The van der Waals surface area contributed by atoms with Gasteiger partial charge in [0.1, 0.15) is 0 Å². The van der Waals surface area contributed by atoms with Crippen molar-refractivity contribution >= 4 is 23.1 Å². The average molecular weight is 205 g/mol. The van der Waals surface area contributed by atoms with Gasteiger partial charge in [-0.15, -0.1) is 0 Å². The summed E-state index contributed by atoms with van der Waals surface area (Å²) in [7, 11) is 0. The fraction of sp³-hybridized carbons (Fsp3) is 0. The molecular formula is C9H7N3O3. The topological polar surface area (TPSA) is 94.8 Å². The molecule has 0 atom stereocenters. The zero-order chi connectivity index (χ0) is 10.8. The van der Waals surface area contributed by atoms with E-state index in [1.165, 1.54) is 0 Å². The number of carbonyl (C=O) groups is 1. The first kappa shape index (κ1) is 9.20. The molecule has 0 aliphatic carbocycles. The van der Waals surface area contributed by atoms with Crippen LogP contribution in [0, 0.1) is 0 Å². The number of aromatic amines is 2. The molecule has 15 heavy (non-hydrogen) atoms. The Morgan fingerprint density at radius 3 is 2.40 bits per heavy atom. The summed E-state index contributed by atoms with van der Waals surface area (Å²) in [4.78, 5) is 37.0. The lowest BCUT2D eigenvalue weighted by atomic mass is 10.2. The van der Waals surface area contributed by atoms with E-state index in [4.69, 9.17) is 0 Å². The van der Waals surface area contributed by atoms with Gasteiger partial charge in [-0.3, -0.25) is 14.4 Å². The largest absolute Gasteiger partial charge is 0.329 e. The van der Waals surface area contributed by atoms with E-state index in [1.807, 2.05) is 0 Å². The summed E-state index contributed by atoms with van der Waals surface area (Å²) in [5.41, 5.74) is 0.104. The van der Waals surface area contributed by atoms with Gasteiger partial charge in [0.15, 0.2) is 0 Å². The van der Waals surface area contributed by atoms with E-state index in [0.717, 1.165) is 0 Å². The number of H-pyrrole nitrogens is 2. The second kappa shape index (κ2) is 3.41. The minimum Gasteiger partial charge on any atom is -0.329 e. The highest BCUT2D eigenvalue weighted by Gasteiger charge is 1.99. The van der Waals surface area contributed by atoms with Crippen molar-refractivity contribution in [3.63, 3.8) is 0 Å². The molecule has 6 nitrogen and oxygen atoms in total. The summed E-state index contributed by atoms with van der Waals surface area (Å²) < 4.78 is 0. The maximum absolute atomic E-state index is 11.0. The standard InChI is InChI=1S/C9H7N3O3/c13-4-10-5-1-2-6-7(3-5)12-9(15)8(14)11-6/h1-4H,(H,10,13)(H,11,14)(H,12,15). The number of carbonyl (C=O) groups excluding carboxylic acids is 1. The summed E-state index contributed by atoms with van der Waals surface area (Å²) in [6.07, 6.45) is 0.533. The molecule has 0 fully saturated rings. The molecule has 2 aromatic rings. The van der Waals surface area contributed by atoms with Crippen molar-refractivity contribution in [3.8, 4) is 0 Å². The van der Waals surface area contributed by atoms with Crippen LogP contribution in [0.5, 0.6) is 0 Å². The van der Waals surface area contributed by atoms with E-state index in [0.29, 0.717) is 23.1 Å². The molecule has 2 rings (SSSR count). The van der Waals surface area contributed by atoms with Gasteiger partial charge in [-0.25, -0.2) is 0 Å². The van der Waals surface area contributed by atoms with E-state index in [1.54, 1.807) is 18.2 Å². The minimum atomic E-state index is -0.717. The highest BCUT2D eigenvalue weighted by Crippen LogP contribution is 2.12. The maximum atomic E-state index is 11.0. The molecule has 3 N–H and O–H groups in total. The molecule has 0 unspecified atom stereocenters. The summed E-state index contributed by atoms with van der Waals surface area (Å²) in [6.45, 7) is 0. The van der Waals surface area contributed by atoms with Crippen LogP contribution in [0.2, 0.25) is 0 Å². The third kappa shape index (κ3) is 1.64. The van der Waals surface area contributed by atoms with Gasteiger partial charge in [0.25, 0.3) is 0 Å². The molecule has 0 aliphatic rings. The van der Waals surface area contributed by atoms with Gasteiger partial charge >= 0.3 is 11.1 Å². The summed E-state index contributed by atoms with van der Waals surface area (Å²) in [6, 6.07) is 4.77. The lowest BCUT2D eigenvalue weighted by Gasteiger charge is -2.00. The number of rotatable bonds is 2. The molecule has 0 saturated carbocycles. The highest BCUT2D eigenvalue weighted by molar-refractivity contribution is 5.82. The van der Waals surface area contributed by atoms with E-state index >= 15 is 0 Å². The van der Waals surface area contributed by atoms with Crippen LogP contribution in [0.1, 0.15) is 0 Å². The quantitative estimate of drug-likeness (QED) is 0.467. The number of nitrogens with one attached hydrogen (secondary N) is 3. The number of fused-ring (bicyclic) bond motifs is 1. The second-order valence-electron chi connectivity index (χ2n) is 2.93. The molecule has 0 aliphatic heterocycles. The Kier molecular flexibility index (Phi) is 2.09. The molecular weight excluding hydrogens is 198 g/mol. The van der Waals surface area contributed by atoms with Gasteiger partial charge in [-0.1, -0.05) is 0 Å². The van der Waals surface area contributed by atoms with Crippen LogP contribution in [-0.4, -0.2) is 16.4 Å². The second-order valence-corrected chi connectivity index (χ2v) is 2.93. The van der Waals surface area contributed by atoms with Gasteiger partial charge in [0.05, 0.1) is 11.0 Å². The third-order valence-corrected chi connectivity index (χ3v) is 1.95. The monoisotopic (exact) mass is 205 g/mol. The molecule has 1 aromatic carbocycles. The molecule has 1 heterocycles. The fourth-order valence-corrected chi connectivity index (χ4v) is 1.27. The number of hydrogen-bond donors (Lipinski definition) is 3. The van der Waals surface area contributed by atoms with Crippen molar-refractivity contribution in [1.29, 1.82) is 0 Å². The number of anilines is 1. The van der Waals surface area contributed by atoms with Crippen molar-refractivity contribution in [3.05, 3.63) is 38.9 Å². The van der Waals surface area contributed by atoms with Crippen molar-refractivity contribution in [1.82, 2.24) is 9.97 Å². The Morgan fingerprint density at radius 2 is 1.73 bits per heavy atom. The van der Waals surface area contributed by atoms with E-state index in [-0.39, 0.29) is 0 Å². The molecule has 76 valence electrons. The summed E-state index contributed by atoms with van der Waals surface area (Å²) in [5, 5.41) is 2.44. The zero-order valence-corrected chi connectivity index (χ0v) is 7.53. The van der Waals surface area contributed by atoms with Crippen LogP contribution in [0.3, 0.4) is 0 Å². The number of hydrogen-bond acceptors (Lipinski definition) is 3. The van der Waals surface area contributed by atoms with Crippen LogP contribution >= 0.6 is 0 Å². The normalized spacial score (nSPS) is 10.1. The molecule has 1 amide bonds. The van der Waals surface area contributed by atoms with Gasteiger partial charge in [0.2, 0.25) is 6.41 Å². The van der Waals surface area contributed by atoms with Gasteiger partial charge in [-0.05, 0) is 18.2 Å². The average Bonchev–Trinajstić information content (AvgIpc) is 2.21. The molecule has 6 heteroatoms. The predicted octanol–water partition coefficient (Wildman–Crippen LogP) is -0.215. The van der Waals surface area contributed by atoms with Gasteiger partial charge in [-0.2, -0.15) is 0 Å². The van der Waals surface area contributed by atoms with Gasteiger partial charge in [0, 0.05) is 5.69 Å². The Morgan fingerprint density at radius 1 is 1.07 bits per heavy atom. The molecule has 0 bridgehead atoms. The minimum absolute atomic E-state index is 0.464. The summed E-state index contributed by atoms with van der Waals surface area (Å²) in [5.74, 6) is 0. The van der Waals surface area contributed by atoms with Gasteiger partial charge < -0.3 is 15.3 Å². The molecule has 1 aromatic heterocycles. The third-order valence-electron chi connectivity index (χ3n) is 1.95. The fourth-order valence-electron chi connectivity index (χ4n) is 1.27. The highest BCUT2D eigenvalue weighted by atomic mass is 16.2. The van der Waals surface area contributed by atoms with Crippen LogP contribution in [0.25, 0.3) is 11.0 Å². The maximum Gasteiger partial charge on any atom is 0.314 e. The Bertz CT molecular complexity index is 626. The first-order chi connectivity index (χ1) is 7.20. The van der Waals surface area contributed by atoms with E-state index in [9.17, 15) is 14.4 Å². The van der Waals surface area contributed by atoms with Crippen LogP contribution in [0.4, 0.5) is 5.69 Å². The molecule has 0 radical (unpaired) electrons. The first-order valence-corrected chi connectivity index (χ1v) is 4.17. The Labute approximate surface area is 83.0 Å². The molecule has 0 spiro atoms. The lowest BCUT2D eigenvalue weighted by Crippen LogP contribution is -2.28. The van der Waals surface area contributed by atoms with Crippen LogP contribution in [0.15, 0.2) is 27.8 Å². The SMILES string of the molecule is O=CNc1ccc2[nH]c(=O)c(=O)[nH]c2c1. The number of benzene rings is 1. The smallest absolute Gasteiger partial charge is 0.314 e. The van der Waals surface area contributed by atoms with Crippen molar-refractivity contribution in [2.75, 3.05) is 5.32 Å².